The Morgan fingerprint density at radius 1 is 1.17 bits per heavy atom. The van der Waals surface area contributed by atoms with Crippen LogP contribution in [0, 0.1) is 11.6 Å². The Hall–Kier alpha value is -1.82. The van der Waals surface area contributed by atoms with E-state index in [2.05, 4.69) is 4.98 Å². The molecule has 1 heterocycles. The fourth-order valence-electron chi connectivity index (χ4n) is 1.50. The average molecular weight is 268 g/mol. The molecule has 1 aromatic carbocycles. The second-order valence-electron chi connectivity index (χ2n) is 3.66. The molecule has 0 aliphatic carbocycles. The SMILES string of the molecule is Nc1cc(F)c(S(=O)Cc2ccncc2)c(F)c1. The predicted molar refractivity (Wildman–Crippen MR) is 65.1 cm³/mol. The van der Waals surface area contributed by atoms with Crippen molar-refractivity contribution in [3.8, 4) is 0 Å². The third kappa shape index (κ3) is 2.70. The first-order valence-corrected chi connectivity index (χ1v) is 6.41. The topological polar surface area (TPSA) is 56.0 Å². The molecule has 2 aromatic rings. The minimum Gasteiger partial charge on any atom is -0.399 e. The fourth-order valence-corrected chi connectivity index (χ4v) is 2.69. The molecule has 2 rings (SSSR count). The Morgan fingerprint density at radius 3 is 2.28 bits per heavy atom. The van der Waals surface area contributed by atoms with Crippen molar-refractivity contribution >= 4 is 16.5 Å². The summed E-state index contributed by atoms with van der Waals surface area (Å²) in [7, 11) is -1.80. The van der Waals surface area contributed by atoms with E-state index in [1.54, 1.807) is 12.1 Å². The van der Waals surface area contributed by atoms with E-state index in [1.807, 2.05) is 0 Å². The van der Waals surface area contributed by atoms with Crippen molar-refractivity contribution in [2.75, 3.05) is 5.73 Å². The minimum absolute atomic E-state index is 0.0281. The number of pyridine rings is 1. The van der Waals surface area contributed by atoms with Crippen molar-refractivity contribution in [1.29, 1.82) is 0 Å². The van der Waals surface area contributed by atoms with Crippen LogP contribution in [0.5, 0.6) is 0 Å². The molecule has 18 heavy (non-hydrogen) atoms. The Labute approximate surface area is 105 Å². The van der Waals surface area contributed by atoms with Crippen LogP contribution in [0.3, 0.4) is 0 Å². The van der Waals surface area contributed by atoms with Crippen LogP contribution >= 0.6 is 0 Å². The third-order valence-corrected chi connectivity index (χ3v) is 3.74. The van der Waals surface area contributed by atoms with E-state index in [0.29, 0.717) is 5.56 Å². The molecule has 0 aliphatic heterocycles. The quantitative estimate of drug-likeness (QED) is 0.869. The zero-order valence-electron chi connectivity index (χ0n) is 9.27. The molecule has 0 radical (unpaired) electrons. The van der Waals surface area contributed by atoms with Crippen molar-refractivity contribution in [2.24, 2.45) is 0 Å². The van der Waals surface area contributed by atoms with Crippen LogP contribution in [-0.4, -0.2) is 9.19 Å². The van der Waals surface area contributed by atoms with E-state index in [0.717, 1.165) is 12.1 Å². The summed E-state index contributed by atoms with van der Waals surface area (Å²) in [6, 6.07) is 5.21. The van der Waals surface area contributed by atoms with Crippen LogP contribution in [0.15, 0.2) is 41.6 Å². The van der Waals surface area contributed by atoms with Gasteiger partial charge in [0, 0.05) is 18.1 Å². The molecule has 1 unspecified atom stereocenters. The van der Waals surface area contributed by atoms with Crippen LogP contribution in [0.4, 0.5) is 14.5 Å². The maximum Gasteiger partial charge on any atom is 0.144 e. The Balaban J connectivity index is 2.30. The Morgan fingerprint density at radius 2 is 1.72 bits per heavy atom. The van der Waals surface area contributed by atoms with Gasteiger partial charge in [0.15, 0.2) is 0 Å². The number of anilines is 1. The monoisotopic (exact) mass is 268 g/mol. The third-order valence-electron chi connectivity index (χ3n) is 2.30. The fraction of sp³-hybridized carbons (Fsp3) is 0.0833. The van der Waals surface area contributed by atoms with E-state index in [4.69, 9.17) is 5.73 Å². The number of nitrogens with zero attached hydrogens (tertiary/aromatic N) is 1. The van der Waals surface area contributed by atoms with E-state index in [1.165, 1.54) is 12.4 Å². The lowest BCUT2D eigenvalue weighted by Gasteiger charge is -2.06. The Bertz CT molecular complexity index is 567. The van der Waals surface area contributed by atoms with Crippen molar-refractivity contribution in [1.82, 2.24) is 4.98 Å². The summed E-state index contributed by atoms with van der Waals surface area (Å²) >= 11 is 0. The summed E-state index contributed by atoms with van der Waals surface area (Å²) in [6.45, 7) is 0. The van der Waals surface area contributed by atoms with Gasteiger partial charge in [-0.05, 0) is 29.8 Å². The molecule has 0 spiro atoms. The molecule has 0 amide bonds. The van der Waals surface area contributed by atoms with Crippen molar-refractivity contribution in [2.45, 2.75) is 10.6 Å². The van der Waals surface area contributed by atoms with Gasteiger partial charge in [-0.1, -0.05) is 0 Å². The summed E-state index contributed by atoms with van der Waals surface area (Å²) in [6.07, 6.45) is 3.06. The van der Waals surface area contributed by atoms with Gasteiger partial charge in [-0.2, -0.15) is 0 Å². The highest BCUT2D eigenvalue weighted by atomic mass is 32.2. The van der Waals surface area contributed by atoms with E-state index in [-0.39, 0.29) is 11.4 Å². The largest absolute Gasteiger partial charge is 0.399 e. The first-order chi connectivity index (χ1) is 8.58. The van der Waals surface area contributed by atoms with Crippen LogP contribution in [-0.2, 0) is 16.6 Å². The lowest BCUT2D eigenvalue weighted by Crippen LogP contribution is -2.04. The lowest BCUT2D eigenvalue weighted by atomic mass is 10.3. The molecule has 0 aliphatic rings. The number of aromatic nitrogens is 1. The minimum atomic E-state index is -1.80. The van der Waals surface area contributed by atoms with Crippen LogP contribution in [0.1, 0.15) is 5.56 Å². The highest BCUT2D eigenvalue weighted by Gasteiger charge is 2.17. The molecule has 2 N–H and O–H groups in total. The number of rotatable bonds is 3. The zero-order chi connectivity index (χ0) is 13.1. The van der Waals surface area contributed by atoms with Crippen LogP contribution in [0.25, 0.3) is 0 Å². The first-order valence-electron chi connectivity index (χ1n) is 5.09. The van der Waals surface area contributed by atoms with Crippen LogP contribution in [0.2, 0.25) is 0 Å². The Kier molecular flexibility index (Phi) is 3.66. The van der Waals surface area contributed by atoms with Gasteiger partial charge >= 0.3 is 0 Å². The maximum absolute atomic E-state index is 13.5. The second-order valence-corrected chi connectivity index (χ2v) is 5.05. The number of hydrogen-bond acceptors (Lipinski definition) is 3. The van der Waals surface area contributed by atoms with Crippen molar-refractivity contribution in [3.63, 3.8) is 0 Å². The smallest absolute Gasteiger partial charge is 0.144 e. The highest BCUT2D eigenvalue weighted by Crippen LogP contribution is 2.22. The number of nitrogens with two attached hydrogens (primary N) is 1. The molecule has 94 valence electrons. The summed E-state index contributed by atoms with van der Waals surface area (Å²) in [5.41, 5.74) is 5.95. The number of nitrogen functional groups attached to an aromatic ring is 1. The van der Waals surface area contributed by atoms with Crippen molar-refractivity contribution < 1.29 is 13.0 Å². The van der Waals surface area contributed by atoms with Gasteiger partial charge in [0.2, 0.25) is 0 Å². The summed E-state index contributed by atoms with van der Waals surface area (Å²) in [5, 5.41) is 0. The maximum atomic E-state index is 13.5. The summed E-state index contributed by atoms with van der Waals surface area (Å²) < 4.78 is 39.0. The molecule has 0 bridgehead atoms. The lowest BCUT2D eigenvalue weighted by molar-refractivity contribution is 0.535. The molecule has 3 nitrogen and oxygen atoms in total. The van der Waals surface area contributed by atoms with E-state index in [9.17, 15) is 13.0 Å². The van der Waals surface area contributed by atoms with Crippen LogP contribution < -0.4 is 5.73 Å². The van der Waals surface area contributed by atoms with Gasteiger partial charge < -0.3 is 5.73 Å². The zero-order valence-corrected chi connectivity index (χ0v) is 10.1. The molecule has 1 atom stereocenters. The molecular formula is C12H10F2N2OS. The normalized spacial score (nSPS) is 12.3. The summed E-state index contributed by atoms with van der Waals surface area (Å²) in [5.74, 6) is -1.75. The molecule has 1 aromatic heterocycles. The molecule has 0 saturated heterocycles. The van der Waals surface area contributed by atoms with Gasteiger partial charge in [-0.25, -0.2) is 8.78 Å². The molecule has 0 saturated carbocycles. The highest BCUT2D eigenvalue weighted by molar-refractivity contribution is 7.84. The average Bonchev–Trinajstić information content (AvgIpc) is 2.28. The van der Waals surface area contributed by atoms with Gasteiger partial charge in [0.05, 0.1) is 16.6 Å². The standard InChI is InChI=1S/C12H10F2N2OS/c13-10-5-9(15)6-11(14)12(10)18(17)7-8-1-3-16-4-2-8/h1-6H,7,15H2. The molecular weight excluding hydrogens is 258 g/mol. The second kappa shape index (κ2) is 5.22. The van der Waals surface area contributed by atoms with Gasteiger partial charge in [-0.15, -0.1) is 0 Å². The van der Waals surface area contributed by atoms with E-state index >= 15 is 0 Å². The van der Waals surface area contributed by atoms with Gasteiger partial charge in [0.1, 0.15) is 16.5 Å². The van der Waals surface area contributed by atoms with Crippen molar-refractivity contribution in [3.05, 3.63) is 53.9 Å². The summed E-state index contributed by atoms with van der Waals surface area (Å²) in [4.78, 5) is 3.36. The molecule has 6 heteroatoms. The van der Waals surface area contributed by atoms with Gasteiger partial charge in [0.25, 0.3) is 0 Å². The van der Waals surface area contributed by atoms with Gasteiger partial charge in [-0.3, -0.25) is 9.19 Å². The number of benzene rings is 1. The predicted octanol–water partition coefficient (Wildman–Crippen LogP) is 2.25. The van der Waals surface area contributed by atoms with E-state index < -0.39 is 27.3 Å². The first kappa shape index (κ1) is 12.6. The molecule has 0 fully saturated rings. The number of hydrogen-bond donors (Lipinski definition) is 1. The number of halogens is 2.